The number of hydrogen-bond acceptors (Lipinski definition) is 8. The Hall–Kier alpha value is -3.72. The van der Waals surface area contributed by atoms with Crippen LogP contribution in [0.15, 0.2) is 36.8 Å². The monoisotopic (exact) mass is 479 g/mol. The third-order valence-electron chi connectivity index (χ3n) is 6.27. The second kappa shape index (κ2) is 8.90. The fourth-order valence-electron chi connectivity index (χ4n) is 4.48. The maximum absolute atomic E-state index is 6.65. The van der Waals surface area contributed by atoms with E-state index < -0.39 is 0 Å². The summed E-state index contributed by atoms with van der Waals surface area (Å²) in [6.07, 6.45) is 6.56. The molecule has 9 nitrogen and oxygen atoms in total. The van der Waals surface area contributed by atoms with Crippen molar-refractivity contribution in [1.29, 1.82) is 0 Å². The van der Waals surface area contributed by atoms with E-state index in [0.29, 0.717) is 28.0 Å². The summed E-state index contributed by atoms with van der Waals surface area (Å²) in [6, 6.07) is 5.93. The lowest BCUT2D eigenvalue weighted by molar-refractivity contribution is 0.393. The van der Waals surface area contributed by atoms with Gasteiger partial charge in [0.1, 0.15) is 23.1 Å². The molecule has 1 aliphatic rings. The highest BCUT2D eigenvalue weighted by atomic mass is 35.5. The van der Waals surface area contributed by atoms with Crippen LogP contribution in [-0.4, -0.2) is 53.5 Å². The van der Waals surface area contributed by atoms with Crippen molar-refractivity contribution in [3.05, 3.63) is 47.4 Å². The molecule has 4 aromatic rings. The van der Waals surface area contributed by atoms with Gasteiger partial charge in [0.2, 0.25) is 0 Å². The van der Waals surface area contributed by atoms with Crippen LogP contribution in [-0.2, 0) is 0 Å². The van der Waals surface area contributed by atoms with E-state index in [1.165, 1.54) is 0 Å². The van der Waals surface area contributed by atoms with E-state index in [-0.39, 0.29) is 6.04 Å². The first-order valence-corrected chi connectivity index (χ1v) is 11.3. The number of hydrogen-bond donors (Lipinski definition) is 3. The number of nitrogens with one attached hydrogen (secondary N) is 2. The van der Waals surface area contributed by atoms with Crippen molar-refractivity contribution in [2.45, 2.75) is 19.4 Å². The van der Waals surface area contributed by atoms with Crippen LogP contribution in [0.2, 0.25) is 5.02 Å². The lowest BCUT2D eigenvalue weighted by Crippen LogP contribution is -2.26. The number of methoxy groups -OCH3 is 2. The Bertz CT molecular complexity index is 1320. The largest absolute Gasteiger partial charge is 0.496 e. The molecule has 176 valence electrons. The highest BCUT2D eigenvalue weighted by molar-refractivity contribution is 6.35. The Labute approximate surface area is 202 Å². The van der Waals surface area contributed by atoms with Crippen molar-refractivity contribution in [3.63, 3.8) is 0 Å². The fraction of sp³-hybridized carbons (Fsp3) is 0.292. The van der Waals surface area contributed by atoms with Crippen LogP contribution < -0.4 is 25.4 Å². The minimum absolute atomic E-state index is 0.277. The highest BCUT2D eigenvalue weighted by Gasteiger charge is 2.24. The third kappa shape index (κ3) is 3.92. The van der Waals surface area contributed by atoms with Crippen molar-refractivity contribution in [2.75, 3.05) is 43.3 Å². The SMILES string of the molecule is COc1cc(OC)c(Cl)c(-c2cc3cnc(N[C@H]4CCN(c5cn[nH]c5)C4)cc3c(N)n2)c1C. The molecule has 3 aromatic heterocycles. The number of benzene rings is 1. The van der Waals surface area contributed by atoms with Crippen LogP contribution in [0, 0.1) is 6.92 Å². The van der Waals surface area contributed by atoms with Crippen LogP contribution >= 0.6 is 11.6 Å². The maximum atomic E-state index is 6.65. The summed E-state index contributed by atoms with van der Waals surface area (Å²) in [7, 11) is 3.18. The molecule has 0 spiro atoms. The molecule has 0 aliphatic carbocycles. The topological polar surface area (TPSA) is 114 Å². The number of ether oxygens (including phenoxy) is 2. The zero-order valence-electron chi connectivity index (χ0n) is 19.2. The van der Waals surface area contributed by atoms with Gasteiger partial charge >= 0.3 is 0 Å². The molecule has 0 bridgehead atoms. The van der Waals surface area contributed by atoms with E-state index >= 15 is 0 Å². The predicted molar refractivity (Wildman–Crippen MR) is 135 cm³/mol. The first-order valence-electron chi connectivity index (χ1n) is 11.0. The van der Waals surface area contributed by atoms with Crippen molar-refractivity contribution >= 4 is 39.7 Å². The quantitative estimate of drug-likeness (QED) is 0.375. The lowest BCUT2D eigenvalue weighted by Gasteiger charge is -2.18. The summed E-state index contributed by atoms with van der Waals surface area (Å²) in [6.45, 7) is 3.77. The summed E-state index contributed by atoms with van der Waals surface area (Å²) >= 11 is 6.65. The number of H-pyrrole nitrogens is 1. The number of nitrogen functional groups attached to an aromatic ring is 1. The van der Waals surface area contributed by atoms with E-state index in [2.05, 4.69) is 30.4 Å². The molecule has 1 aliphatic heterocycles. The molecule has 1 fully saturated rings. The van der Waals surface area contributed by atoms with E-state index in [1.807, 2.05) is 37.6 Å². The van der Waals surface area contributed by atoms with Crippen LogP contribution in [0.3, 0.4) is 0 Å². The summed E-state index contributed by atoms with van der Waals surface area (Å²) in [5.74, 6) is 2.35. The summed E-state index contributed by atoms with van der Waals surface area (Å²) < 4.78 is 10.9. The molecule has 0 saturated carbocycles. The molecule has 4 heterocycles. The van der Waals surface area contributed by atoms with Crippen LogP contribution in [0.25, 0.3) is 22.0 Å². The Morgan fingerprint density at radius 2 is 2.00 bits per heavy atom. The fourth-order valence-corrected chi connectivity index (χ4v) is 4.86. The number of rotatable bonds is 6. The first kappa shape index (κ1) is 22.1. The van der Waals surface area contributed by atoms with Gasteiger partial charge in [-0.15, -0.1) is 0 Å². The Morgan fingerprint density at radius 3 is 2.74 bits per heavy atom. The van der Waals surface area contributed by atoms with Gasteiger partial charge in [-0.05, 0) is 25.5 Å². The normalized spacial score (nSPS) is 15.6. The zero-order chi connectivity index (χ0) is 23.8. The molecule has 0 amide bonds. The second-order valence-electron chi connectivity index (χ2n) is 8.31. The van der Waals surface area contributed by atoms with E-state index in [0.717, 1.165) is 52.9 Å². The number of fused-ring (bicyclic) bond motifs is 1. The summed E-state index contributed by atoms with van der Waals surface area (Å²) in [4.78, 5) is 11.6. The molecule has 5 rings (SSSR count). The number of anilines is 3. The van der Waals surface area contributed by atoms with Gasteiger partial charge in [-0.2, -0.15) is 5.10 Å². The van der Waals surface area contributed by atoms with Gasteiger partial charge in [0.05, 0.1) is 36.8 Å². The van der Waals surface area contributed by atoms with E-state index in [4.69, 9.17) is 26.8 Å². The van der Waals surface area contributed by atoms with Gasteiger partial charge in [0.25, 0.3) is 0 Å². The van der Waals surface area contributed by atoms with Crippen LogP contribution in [0.4, 0.5) is 17.3 Å². The molecular formula is C24H26ClN7O2. The Balaban J connectivity index is 1.45. The minimum Gasteiger partial charge on any atom is -0.496 e. The number of nitrogens with zero attached hydrogens (tertiary/aromatic N) is 4. The average molecular weight is 480 g/mol. The molecule has 34 heavy (non-hydrogen) atoms. The summed E-state index contributed by atoms with van der Waals surface area (Å²) in [5, 5.41) is 12.6. The molecule has 1 saturated heterocycles. The van der Waals surface area contributed by atoms with E-state index in [9.17, 15) is 0 Å². The third-order valence-corrected chi connectivity index (χ3v) is 6.65. The molecule has 1 atom stereocenters. The van der Waals surface area contributed by atoms with Crippen molar-refractivity contribution in [3.8, 4) is 22.8 Å². The number of aromatic nitrogens is 4. The second-order valence-corrected chi connectivity index (χ2v) is 8.69. The van der Waals surface area contributed by atoms with Crippen LogP contribution in [0.5, 0.6) is 11.5 Å². The van der Waals surface area contributed by atoms with Gasteiger partial charge in [0, 0.05) is 59.5 Å². The minimum atomic E-state index is 0.277. The standard InChI is InChI=1S/C24H26ClN7O2/c1-13-19(33-2)8-20(34-3)23(25)22(13)18-6-14-9-27-21(7-17(14)24(26)31-18)30-15-4-5-32(12-15)16-10-28-29-11-16/h6-11,15H,4-5,12H2,1-3H3,(H2,26,31)(H,27,30)(H,28,29)/t15-/m0/s1. The molecule has 1 aromatic carbocycles. The van der Waals surface area contributed by atoms with Gasteiger partial charge in [0.15, 0.2) is 0 Å². The number of nitrogens with two attached hydrogens (primary N) is 1. The smallest absolute Gasteiger partial charge is 0.141 e. The van der Waals surface area contributed by atoms with Gasteiger partial charge < -0.3 is 25.4 Å². The molecule has 0 radical (unpaired) electrons. The first-order chi connectivity index (χ1) is 16.5. The maximum Gasteiger partial charge on any atom is 0.141 e. The molecule has 10 heteroatoms. The van der Waals surface area contributed by atoms with Crippen LogP contribution in [0.1, 0.15) is 12.0 Å². The van der Waals surface area contributed by atoms with Gasteiger partial charge in [-0.3, -0.25) is 5.10 Å². The lowest BCUT2D eigenvalue weighted by atomic mass is 10.0. The van der Waals surface area contributed by atoms with Gasteiger partial charge in [-0.25, -0.2) is 9.97 Å². The van der Waals surface area contributed by atoms with Gasteiger partial charge in [-0.1, -0.05) is 11.6 Å². The highest BCUT2D eigenvalue weighted by Crippen LogP contribution is 2.43. The number of halogens is 1. The Morgan fingerprint density at radius 1 is 1.18 bits per heavy atom. The Kier molecular flexibility index (Phi) is 5.79. The molecule has 0 unspecified atom stereocenters. The number of aromatic amines is 1. The van der Waals surface area contributed by atoms with Crippen molar-refractivity contribution in [2.24, 2.45) is 0 Å². The van der Waals surface area contributed by atoms with Crippen molar-refractivity contribution < 1.29 is 9.47 Å². The predicted octanol–water partition coefficient (Wildman–Crippen LogP) is 4.27. The number of pyridine rings is 2. The van der Waals surface area contributed by atoms with Crippen molar-refractivity contribution in [1.82, 2.24) is 20.2 Å². The molecular weight excluding hydrogens is 454 g/mol. The zero-order valence-corrected chi connectivity index (χ0v) is 20.0. The van der Waals surface area contributed by atoms with E-state index in [1.54, 1.807) is 20.3 Å². The summed E-state index contributed by atoms with van der Waals surface area (Å²) in [5.41, 5.74) is 9.72. The molecule has 4 N–H and O–H groups in total. The average Bonchev–Trinajstić information content (AvgIpc) is 3.52.